The van der Waals surface area contributed by atoms with Crippen molar-refractivity contribution in [1.29, 1.82) is 0 Å². The highest BCUT2D eigenvalue weighted by molar-refractivity contribution is 7.93. The summed E-state index contributed by atoms with van der Waals surface area (Å²) in [5, 5.41) is 0.744. The van der Waals surface area contributed by atoms with Gasteiger partial charge in [0.1, 0.15) is 10.7 Å². The number of rotatable bonds is 5. The number of imidazole rings is 1. The quantitative estimate of drug-likeness (QED) is 0.458. The Balaban J connectivity index is 1.29. The molecule has 0 aliphatic carbocycles. The minimum atomic E-state index is -3.85. The van der Waals surface area contributed by atoms with E-state index in [2.05, 4.69) is 24.6 Å². The molecule has 174 valence electrons. The smallest absolute Gasteiger partial charge is 0.264 e. The molecule has 2 aromatic heterocycles. The molecule has 9 nitrogen and oxygen atoms in total. The average Bonchev–Trinajstić information content (AvgIpc) is 3.39. The van der Waals surface area contributed by atoms with E-state index in [1.165, 1.54) is 6.07 Å². The van der Waals surface area contributed by atoms with E-state index < -0.39 is 10.0 Å². The van der Waals surface area contributed by atoms with E-state index in [4.69, 9.17) is 0 Å². The monoisotopic (exact) mass is 476 g/mol. The molecule has 1 unspecified atom stereocenters. The molecule has 1 fully saturated rings. The van der Waals surface area contributed by atoms with Crippen LogP contribution in [0.3, 0.4) is 0 Å². The first-order valence-corrected chi connectivity index (χ1v) is 12.4. The standard InChI is InChI=1S/C24H24N6O3S/c1-17-15-29(22-14-25-16-27-22)12-13-30(17)24(31)19-7-9-20(10-8-19)28-34(32,33)21-6-2-4-18-5-3-11-26-23(18)21/h2-11,14,16-17,28H,12-13,15H2,1H3,(H,25,27). The fourth-order valence-corrected chi connectivity index (χ4v) is 5.49. The van der Waals surface area contributed by atoms with Gasteiger partial charge in [0.2, 0.25) is 0 Å². The van der Waals surface area contributed by atoms with Crippen molar-refractivity contribution >= 4 is 38.3 Å². The number of aromatic amines is 1. The summed E-state index contributed by atoms with van der Waals surface area (Å²) in [6, 6.07) is 15.1. The highest BCUT2D eigenvalue weighted by atomic mass is 32.2. The molecule has 4 aromatic rings. The van der Waals surface area contributed by atoms with Gasteiger partial charge in [0, 0.05) is 48.5 Å². The molecule has 0 spiro atoms. The second-order valence-electron chi connectivity index (χ2n) is 8.24. The fraction of sp³-hybridized carbons (Fsp3) is 0.208. The summed E-state index contributed by atoms with van der Waals surface area (Å²) < 4.78 is 28.6. The summed E-state index contributed by atoms with van der Waals surface area (Å²) in [5.41, 5.74) is 1.30. The van der Waals surface area contributed by atoms with Gasteiger partial charge in [-0.15, -0.1) is 0 Å². The van der Waals surface area contributed by atoms with Gasteiger partial charge in [0.15, 0.2) is 0 Å². The second-order valence-corrected chi connectivity index (χ2v) is 9.90. The summed E-state index contributed by atoms with van der Waals surface area (Å²) in [7, 11) is -3.85. The number of amides is 1. The van der Waals surface area contributed by atoms with Crippen LogP contribution < -0.4 is 9.62 Å². The number of piperazine rings is 1. The molecule has 5 rings (SSSR count). The molecule has 1 atom stereocenters. The molecular weight excluding hydrogens is 452 g/mol. The topological polar surface area (TPSA) is 111 Å². The summed E-state index contributed by atoms with van der Waals surface area (Å²) >= 11 is 0. The number of pyridine rings is 1. The number of H-pyrrole nitrogens is 1. The van der Waals surface area contributed by atoms with Gasteiger partial charge >= 0.3 is 0 Å². The first kappa shape index (κ1) is 21.9. The zero-order chi connectivity index (χ0) is 23.7. The number of anilines is 2. The lowest BCUT2D eigenvalue weighted by atomic mass is 10.1. The number of nitrogens with zero attached hydrogens (tertiary/aromatic N) is 4. The van der Waals surface area contributed by atoms with Gasteiger partial charge in [-0.05, 0) is 43.3 Å². The molecule has 2 aromatic carbocycles. The maximum atomic E-state index is 13.1. The Bertz CT molecular complexity index is 1420. The number of benzene rings is 2. The van der Waals surface area contributed by atoms with Crippen molar-refractivity contribution < 1.29 is 13.2 Å². The Kier molecular flexibility index (Phi) is 5.66. The van der Waals surface area contributed by atoms with Crippen molar-refractivity contribution in [3.63, 3.8) is 0 Å². The van der Waals surface area contributed by atoms with Gasteiger partial charge in [-0.3, -0.25) is 14.5 Å². The molecule has 0 saturated carbocycles. The number of aromatic nitrogens is 3. The average molecular weight is 477 g/mol. The maximum Gasteiger partial charge on any atom is 0.264 e. The SMILES string of the molecule is CC1CN(c2cnc[nH]2)CCN1C(=O)c1ccc(NS(=O)(=O)c2cccc3cccnc23)cc1. The van der Waals surface area contributed by atoms with Gasteiger partial charge in [0.05, 0.1) is 18.0 Å². The van der Waals surface area contributed by atoms with Gasteiger partial charge in [-0.1, -0.05) is 18.2 Å². The van der Waals surface area contributed by atoms with Crippen LogP contribution in [-0.4, -0.2) is 59.9 Å². The lowest BCUT2D eigenvalue weighted by Gasteiger charge is -2.40. The lowest BCUT2D eigenvalue weighted by Crippen LogP contribution is -2.54. The predicted octanol–water partition coefficient (Wildman–Crippen LogP) is 3.11. The van der Waals surface area contributed by atoms with Gasteiger partial charge < -0.3 is 14.8 Å². The first-order valence-electron chi connectivity index (χ1n) is 10.9. The molecule has 1 saturated heterocycles. The third-order valence-electron chi connectivity index (χ3n) is 5.98. The molecule has 1 aliphatic heterocycles. The van der Waals surface area contributed by atoms with Crippen molar-refractivity contribution in [1.82, 2.24) is 19.9 Å². The number of para-hydroxylation sites is 1. The zero-order valence-corrected chi connectivity index (χ0v) is 19.4. The predicted molar refractivity (Wildman–Crippen MR) is 130 cm³/mol. The number of hydrogen-bond acceptors (Lipinski definition) is 6. The number of nitrogens with one attached hydrogen (secondary N) is 2. The highest BCUT2D eigenvalue weighted by Gasteiger charge is 2.29. The van der Waals surface area contributed by atoms with Crippen LogP contribution in [-0.2, 0) is 10.0 Å². The number of sulfonamides is 1. The first-order chi connectivity index (χ1) is 16.4. The molecule has 0 radical (unpaired) electrons. The van der Waals surface area contributed by atoms with E-state index in [0.29, 0.717) is 36.4 Å². The number of hydrogen-bond donors (Lipinski definition) is 2. The van der Waals surface area contributed by atoms with E-state index in [9.17, 15) is 13.2 Å². The number of fused-ring (bicyclic) bond motifs is 1. The Hall–Kier alpha value is -3.92. The van der Waals surface area contributed by atoms with Crippen molar-refractivity contribution in [3.8, 4) is 0 Å². The van der Waals surface area contributed by atoms with Crippen molar-refractivity contribution in [2.24, 2.45) is 0 Å². The molecular formula is C24H24N6O3S. The number of carbonyl (C=O) groups is 1. The third kappa shape index (κ3) is 4.19. The summed E-state index contributed by atoms with van der Waals surface area (Å²) in [4.78, 5) is 28.6. The summed E-state index contributed by atoms with van der Waals surface area (Å²) in [6.07, 6.45) is 4.99. The van der Waals surface area contributed by atoms with Gasteiger partial charge in [-0.25, -0.2) is 13.4 Å². The van der Waals surface area contributed by atoms with Crippen molar-refractivity contribution in [2.75, 3.05) is 29.3 Å². The van der Waals surface area contributed by atoms with Crippen LogP contribution in [0.5, 0.6) is 0 Å². The molecule has 1 amide bonds. The minimum absolute atomic E-state index is 0.0154. The lowest BCUT2D eigenvalue weighted by molar-refractivity contribution is 0.0674. The maximum absolute atomic E-state index is 13.1. The normalized spacial score (nSPS) is 16.6. The Morgan fingerprint density at radius 1 is 1.09 bits per heavy atom. The van der Waals surface area contributed by atoms with Crippen LogP contribution in [0.25, 0.3) is 10.9 Å². The van der Waals surface area contributed by atoms with E-state index >= 15 is 0 Å². The summed E-state index contributed by atoms with van der Waals surface area (Å²) in [5.74, 6) is 0.862. The second kappa shape index (κ2) is 8.79. The molecule has 3 heterocycles. The van der Waals surface area contributed by atoms with E-state index in [-0.39, 0.29) is 16.8 Å². The molecule has 0 bridgehead atoms. The van der Waals surface area contributed by atoms with Crippen LogP contribution in [0.15, 0.2) is 78.2 Å². The van der Waals surface area contributed by atoms with E-state index in [0.717, 1.165) is 11.2 Å². The van der Waals surface area contributed by atoms with E-state index in [1.54, 1.807) is 55.1 Å². The molecule has 10 heteroatoms. The van der Waals surface area contributed by atoms with E-state index in [1.807, 2.05) is 24.0 Å². The largest absolute Gasteiger partial charge is 0.353 e. The fourth-order valence-electron chi connectivity index (χ4n) is 4.25. The zero-order valence-electron chi connectivity index (χ0n) is 18.5. The van der Waals surface area contributed by atoms with Crippen molar-refractivity contribution in [2.45, 2.75) is 17.9 Å². The number of carbonyl (C=O) groups excluding carboxylic acids is 1. The van der Waals surface area contributed by atoms with Gasteiger partial charge in [-0.2, -0.15) is 0 Å². The van der Waals surface area contributed by atoms with Crippen LogP contribution in [0.2, 0.25) is 0 Å². The van der Waals surface area contributed by atoms with Crippen LogP contribution in [0.4, 0.5) is 11.5 Å². The molecule has 34 heavy (non-hydrogen) atoms. The van der Waals surface area contributed by atoms with Crippen LogP contribution in [0.1, 0.15) is 17.3 Å². The van der Waals surface area contributed by atoms with Crippen LogP contribution in [0, 0.1) is 0 Å². The molecule has 1 aliphatic rings. The van der Waals surface area contributed by atoms with Gasteiger partial charge in [0.25, 0.3) is 15.9 Å². The Morgan fingerprint density at radius 3 is 2.62 bits per heavy atom. The minimum Gasteiger partial charge on any atom is -0.353 e. The Labute approximate surface area is 197 Å². The third-order valence-corrected chi connectivity index (χ3v) is 7.40. The highest BCUT2D eigenvalue weighted by Crippen LogP contribution is 2.24. The van der Waals surface area contributed by atoms with Crippen molar-refractivity contribution in [3.05, 3.63) is 78.9 Å². The summed E-state index contributed by atoms with van der Waals surface area (Å²) in [6.45, 7) is 4.00. The van der Waals surface area contributed by atoms with Crippen LogP contribution >= 0.6 is 0 Å². The Morgan fingerprint density at radius 2 is 1.88 bits per heavy atom. The molecule has 2 N–H and O–H groups in total.